The summed E-state index contributed by atoms with van der Waals surface area (Å²) in [6.45, 7) is 3.29. The molecule has 2 rings (SSSR count). The molecule has 118 valence electrons. The summed E-state index contributed by atoms with van der Waals surface area (Å²) < 4.78 is 53.4. The molecule has 1 aliphatic rings. The van der Waals surface area contributed by atoms with Crippen LogP contribution in [-0.4, -0.2) is 44.8 Å². The topological polar surface area (TPSA) is 46.6 Å². The molecule has 1 fully saturated rings. The van der Waals surface area contributed by atoms with Crippen LogP contribution in [0.5, 0.6) is 0 Å². The quantitative estimate of drug-likeness (QED) is 0.749. The number of hydrogen-bond acceptors (Lipinski definition) is 4. The summed E-state index contributed by atoms with van der Waals surface area (Å²) in [5, 5.41) is 0.700. The lowest BCUT2D eigenvalue weighted by Gasteiger charge is -2.37. The van der Waals surface area contributed by atoms with Crippen LogP contribution in [0.15, 0.2) is 29.2 Å². The zero-order valence-electron chi connectivity index (χ0n) is 11.4. The second-order valence-corrected chi connectivity index (χ2v) is 7.49. The summed E-state index contributed by atoms with van der Waals surface area (Å²) in [4.78, 5) is 1.69. The van der Waals surface area contributed by atoms with Crippen LogP contribution in [0.3, 0.4) is 0 Å². The highest BCUT2D eigenvalue weighted by Crippen LogP contribution is 2.25. The van der Waals surface area contributed by atoms with Crippen LogP contribution in [0.4, 0.5) is 14.5 Å². The van der Waals surface area contributed by atoms with Gasteiger partial charge in [-0.25, -0.2) is 8.42 Å². The summed E-state index contributed by atoms with van der Waals surface area (Å²) in [5.74, 6) is -3.40. The van der Waals surface area contributed by atoms with Crippen LogP contribution >= 0.6 is 15.9 Å². The molecule has 0 bridgehead atoms. The molecule has 0 saturated carbocycles. The Hall–Kier alpha value is -0.730. The number of hydrogen-bond donors (Lipinski definition) is 0. The largest absolute Gasteiger partial charge is 0.371 e. The maximum absolute atomic E-state index is 12.5. The monoisotopic (exact) mass is 383 g/mol. The number of ether oxygens (including phenoxy) is 1. The molecule has 8 heteroatoms. The molecule has 0 radical (unpaired) electrons. The van der Waals surface area contributed by atoms with Crippen LogP contribution < -0.4 is 4.90 Å². The van der Waals surface area contributed by atoms with Crippen molar-refractivity contribution in [3.8, 4) is 0 Å². The van der Waals surface area contributed by atoms with Crippen LogP contribution in [-0.2, 0) is 14.6 Å². The van der Waals surface area contributed by atoms with Gasteiger partial charge in [0, 0.05) is 24.1 Å². The minimum atomic E-state index is -4.53. The second-order valence-electron chi connectivity index (χ2n) is 4.93. The number of anilines is 1. The van der Waals surface area contributed by atoms with Gasteiger partial charge in [0.2, 0.25) is 9.84 Å². The van der Waals surface area contributed by atoms with E-state index in [1.54, 1.807) is 12.1 Å². The molecule has 0 aliphatic carbocycles. The van der Waals surface area contributed by atoms with Gasteiger partial charge in [0.25, 0.3) is 0 Å². The van der Waals surface area contributed by atoms with Crippen molar-refractivity contribution < 1.29 is 21.9 Å². The van der Waals surface area contributed by atoms with E-state index in [1.807, 2.05) is 6.92 Å². The first-order valence-corrected chi connectivity index (χ1v) is 9.10. The van der Waals surface area contributed by atoms with Crippen molar-refractivity contribution >= 4 is 31.5 Å². The molecule has 2 unspecified atom stereocenters. The molecule has 2 atom stereocenters. The molecular weight excluding hydrogens is 368 g/mol. The Kier molecular flexibility index (Phi) is 5.21. The normalized spacial score (nSPS) is 23.6. The lowest BCUT2D eigenvalue weighted by atomic mass is 10.2. The molecule has 1 aliphatic heterocycles. The van der Waals surface area contributed by atoms with Crippen molar-refractivity contribution in [3.63, 3.8) is 0 Å². The van der Waals surface area contributed by atoms with Crippen LogP contribution in [0.1, 0.15) is 6.92 Å². The summed E-state index contributed by atoms with van der Waals surface area (Å²) in [5.41, 5.74) is 0.796. The van der Waals surface area contributed by atoms with E-state index in [1.165, 1.54) is 12.1 Å². The number of benzene rings is 1. The van der Waals surface area contributed by atoms with Gasteiger partial charge < -0.3 is 9.64 Å². The number of sulfone groups is 1. The van der Waals surface area contributed by atoms with Gasteiger partial charge in [-0.05, 0) is 31.2 Å². The van der Waals surface area contributed by atoms with Crippen LogP contribution in [0.25, 0.3) is 0 Å². The fourth-order valence-electron chi connectivity index (χ4n) is 2.29. The van der Waals surface area contributed by atoms with E-state index in [0.29, 0.717) is 18.4 Å². The maximum atomic E-state index is 12.5. The average molecular weight is 384 g/mol. The van der Waals surface area contributed by atoms with E-state index < -0.39 is 15.6 Å². The van der Waals surface area contributed by atoms with Gasteiger partial charge in [-0.3, -0.25) is 0 Å². The van der Waals surface area contributed by atoms with Crippen molar-refractivity contribution in [2.24, 2.45) is 0 Å². The predicted molar refractivity (Wildman–Crippen MR) is 80.0 cm³/mol. The number of alkyl halides is 3. The van der Waals surface area contributed by atoms with Gasteiger partial charge in [-0.1, -0.05) is 15.9 Å². The van der Waals surface area contributed by atoms with Gasteiger partial charge in [0.15, 0.2) is 0 Å². The Labute approximate surface area is 131 Å². The lowest BCUT2D eigenvalue weighted by molar-refractivity contribution is -0.00199. The predicted octanol–water partition coefficient (Wildman–Crippen LogP) is 2.67. The summed E-state index contributed by atoms with van der Waals surface area (Å²) in [6, 6.07) is 5.55. The zero-order chi connectivity index (χ0) is 15.6. The summed E-state index contributed by atoms with van der Waals surface area (Å²) in [7, 11) is -4.53. The molecule has 1 heterocycles. The van der Waals surface area contributed by atoms with E-state index in [4.69, 9.17) is 4.74 Å². The standard InChI is InChI=1S/C13H16BrF2NO3S/c1-9-7-17(8-11(6-14)20-9)10-2-4-12(5-3-10)21(18,19)13(15)16/h2-5,9,11,13H,6-8H2,1H3. The number of halogens is 3. The number of nitrogens with zero attached hydrogens (tertiary/aromatic N) is 1. The van der Waals surface area contributed by atoms with E-state index in [0.717, 1.165) is 5.69 Å². The Bertz CT molecular complexity index is 580. The maximum Gasteiger partial charge on any atom is 0.341 e. The van der Waals surface area contributed by atoms with Crippen molar-refractivity contribution in [3.05, 3.63) is 24.3 Å². The molecular formula is C13H16BrF2NO3S. The van der Waals surface area contributed by atoms with Gasteiger partial charge in [-0.15, -0.1) is 0 Å². The van der Waals surface area contributed by atoms with Gasteiger partial charge in [0.05, 0.1) is 17.1 Å². The molecule has 1 aromatic rings. The van der Waals surface area contributed by atoms with E-state index in [9.17, 15) is 17.2 Å². The minimum absolute atomic E-state index is 0.0400. The third kappa shape index (κ3) is 3.73. The lowest BCUT2D eigenvalue weighted by Crippen LogP contribution is -2.47. The molecule has 4 nitrogen and oxygen atoms in total. The Morgan fingerprint density at radius 3 is 2.48 bits per heavy atom. The van der Waals surface area contributed by atoms with Crippen molar-refractivity contribution in [1.82, 2.24) is 0 Å². The highest BCUT2D eigenvalue weighted by Gasteiger charge is 2.28. The van der Waals surface area contributed by atoms with E-state index in [-0.39, 0.29) is 17.1 Å². The van der Waals surface area contributed by atoms with Crippen molar-refractivity contribution in [2.45, 2.75) is 29.8 Å². The average Bonchev–Trinajstić information content (AvgIpc) is 2.46. The highest BCUT2D eigenvalue weighted by molar-refractivity contribution is 9.09. The van der Waals surface area contributed by atoms with Gasteiger partial charge in [0.1, 0.15) is 0 Å². The van der Waals surface area contributed by atoms with Crippen molar-refractivity contribution in [1.29, 1.82) is 0 Å². The third-order valence-electron chi connectivity index (χ3n) is 3.26. The van der Waals surface area contributed by atoms with E-state index >= 15 is 0 Å². The first-order valence-electron chi connectivity index (χ1n) is 6.43. The molecule has 21 heavy (non-hydrogen) atoms. The minimum Gasteiger partial charge on any atom is -0.371 e. The second kappa shape index (κ2) is 6.58. The Morgan fingerprint density at radius 1 is 1.33 bits per heavy atom. The summed E-state index contributed by atoms with van der Waals surface area (Å²) >= 11 is 3.38. The first-order chi connectivity index (χ1) is 9.84. The van der Waals surface area contributed by atoms with Gasteiger partial charge >= 0.3 is 5.76 Å². The van der Waals surface area contributed by atoms with Gasteiger partial charge in [-0.2, -0.15) is 8.78 Å². The highest BCUT2D eigenvalue weighted by atomic mass is 79.9. The number of rotatable bonds is 4. The fourth-order valence-corrected chi connectivity index (χ4v) is 3.37. The Balaban J connectivity index is 2.19. The zero-order valence-corrected chi connectivity index (χ0v) is 13.8. The molecule has 0 amide bonds. The van der Waals surface area contributed by atoms with Crippen LogP contribution in [0, 0.1) is 0 Å². The first kappa shape index (κ1) is 16.6. The van der Waals surface area contributed by atoms with Crippen molar-refractivity contribution in [2.75, 3.05) is 23.3 Å². The fraction of sp³-hybridized carbons (Fsp3) is 0.538. The molecule has 0 spiro atoms. The molecule has 0 aromatic heterocycles. The Morgan fingerprint density at radius 2 is 1.95 bits per heavy atom. The third-order valence-corrected chi connectivity index (χ3v) is 5.38. The summed E-state index contributed by atoms with van der Waals surface area (Å²) in [6.07, 6.45) is 0.0870. The molecule has 0 N–H and O–H groups in total. The van der Waals surface area contributed by atoms with Crippen LogP contribution in [0.2, 0.25) is 0 Å². The van der Waals surface area contributed by atoms with E-state index in [2.05, 4.69) is 20.8 Å². The number of morpholine rings is 1. The molecule has 1 saturated heterocycles. The molecule has 1 aromatic carbocycles. The SMILES string of the molecule is CC1CN(c2ccc(S(=O)(=O)C(F)F)cc2)CC(CBr)O1. The smallest absolute Gasteiger partial charge is 0.341 e.